The van der Waals surface area contributed by atoms with Gasteiger partial charge in [-0.1, -0.05) is 0 Å². The first-order valence-electron chi connectivity index (χ1n) is 7.12. The Morgan fingerprint density at radius 3 is 2.65 bits per heavy atom. The number of nitrogens with zero attached hydrogens (tertiary/aromatic N) is 1. The van der Waals surface area contributed by atoms with E-state index in [0.29, 0.717) is 12.1 Å². The van der Waals surface area contributed by atoms with Crippen molar-refractivity contribution >= 4 is 23.2 Å². The van der Waals surface area contributed by atoms with Gasteiger partial charge in [-0.25, -0.2) is 4.98 Å². The lowest BCUT2D eigenvalue weighted by molar-refractivity contribution is -0.137. The summed E-state index contributed by atoms with van der Waals surface area (Å²) < 4.78 is 5.11. The van der Waals surface area contributed by atoms with Crippen molar-refractivity contribution in [3.05, 3.63) is 35.3 Å². The molecule has 0 aliphatic heterocycles. The average Bonchev–Trinajstić information content (AvgIpc) is 3.03. The summed E-state index contributed by atoms with van der Waals surface area (Å²) in [5, 5.41) is 13.8. The minimum atomic E-state index is -0.874. The molecule has 122 valence electrons. The molecule has 1 atom stereocenters. The van der Waals surface area contributed by atoms with Gasteiger partial charge in [-0.2, -0.15) is 0 Å². The van der Waals surface area contributed by atoms with Gasteiger partial charge in [0.2, 0.25) is 0 Å². The van der Waals surface area contributed by atoms with Crippen molar-refractivity contribution in [2.24, 2.45) is 0 Å². The highest BCUT2D eigenvalue weighted by atomic mass is 32.1. The molecule has 0 saturated carbocycles. The van der Waals surface area contributed by atoms with Crippen molar-refractivity contribution in [2.75, 3.05) is 7.11 Å². The Hall–Kier alpha value is -2.41. The van der Waals surface area contributed by atoms with E-state index in [1.165, 1.54) is 11.3 Å². The molecule has 1 heterocycles. The number of carbonyl (C=O) groups excluding carboxylic acids is 1. The van der Waals surface area contributed by atoms with Crippen molar-refractivity contribution < 1.29 is 19.4 Å². The number of carboxylic acid groups (broad SMARTS) is 1. The zero-order valence-electron chi connectivity index (χ0n) is 12.9. The lowest BCUT2D eigenvalue weighted by Crippen LogP contribution is -2.33. The molecule has 6 nitrogen and oxygen atoms in total. The summed E-state index contributed by atoms with van der Waals surface area (Å²) >= 11 is 1.38. The maximum Gasteiger partial charge on any atom is 0.303 e. The maximum absolute atomic E-state index is 12.1. The number of hydrogen-bond donors (Lipinski definition) is 2. The summed E-state index contributed by atoms with van der Waals surface area (Å²) in [7, 11) is 1.60. The first kappa shape index (κ1) is 17.0. The third-order valence-electron chi connectivity index (χ3n) is 3.24. The summed E-state index contributed by atoms with van der Waals surface area (Å²) in [5.41, 5.74) is 1.25. The molecule has 1 unspecified atom stereocenters. The molecule has 0 aliphatic rings. The number of hydrogen-bond acceptors (Lipinski definition) is 5. The van der Waals surface area contributed by atoms with Gasteiger partial charge in [-0.05, 0) is 37.6 Å². The zero-order chi connectivity index (χ0) is 16.8. The molecule has 0 aliphatic carbocycles. The molecule has 0 spiro atoms. The Balaban J connectivity index is 2.00. The van der Waals surface area contributed by atoms with Crippen LogP contribution in [0.15, 0.2) is 29.6 Å². The van der Waals surface area contributed by atoms with Gasteiger partial charge in [-0.3, -0.25) is 9.59 Å². The first-order chi connectivity index (χ1) is 11.0. The summed E-state index contributed by atoms with van der Waals surface area (Å²) in [4.78, 5) is 27.0. The highest BCUT2D eigenvalue weighted by Gasteiger charge is 2.15. The molecule has 1 amide bonds. The number of carboxylic acids is 1. The van der Waals surface area contributed by atoms with Crippen LogP contribution in [0.1, 0.15) is 30.3 Å². The fourth-order valence-corrected chi connectivity index (χ4v) is 2.76. The second-order valence-electron chi connectivity index (χ2n) is 5.07. The lowest BCUT2D eigenvalue weighted by atomic mass is 10.2. The van der Waals surface area contributed by atoms with E-state index in [0.717, 1.165) is 16.3 Å². The molecule has 0 bridgehead atoms. The highest BCUT2D eigenvalue weighted by molar-refractivity contribution is 7.13. The number of benzene rings is 1. The van der Waals surface area contributed by atoms with E-state index in [1.807, 2.05) is 24.3 Å². The molecule has 0 radical (unpaired) electrons. The maximum atomic E-state index is 12.1. The van der Waals surface area contributed by atoms with Crippen LogP contribution in [0.5, 0.6) is 5.75 Å². The zero-order valence-corrected chi connectivity index (χ0v) is 13.7. The van der Waals surface area contributed by atoms with Crippen LogP contribution in [0.2, 0.25) is 0 Å². The van der Waals surface area contributed by atoms with E-state index >= 15 is 0 Å². The third-order valence-corrected chi connectivity index (χ3v) is 4.13. The van der Waals surface area contributed by atoms with E-state index in [-0.39, 0.29) is 18.4 Å². The molecule has 2 aromatic rings. The molecular weight excluding hydrogens is 316 g/mol. The average molecular weight is 334 g/mol. The van der Waals surface area contributed by atoms with E-state index in [9.17, 15) is 9.59 Å². The SMILES string of the molecule is COc1ccc(-c2nc(C(=O)NC(C)CCC(=O)O)cs2)cc1. The van der Waals surface area contributed by atoms with Gasteiger partial charge in [0.1, 0.15) is 16.5 Å². The number of methoxy groups -OCH3 is 1. The largest absolute Gasteiger partial charge is 0.497 e. The van der Waals surface area contributed by atoms with Gasteiger partial charge >= 0.3 is 5.97 Å². The Bertz CT molecular complexity index is 682. The van der Waals surface area contributed by atoms with E-state index in [4.69, 9.17) is 9.84 Å². The number of thiazole rings is 1. The molecule has 7 heteroatoms. The molecule has 1 aromatic carbocycles. The summed E-state index contributed by atoms with van der Waals surface area (Å²) in [6, 6.07) is 7.23. The van der Waals surface area contributed by atoms with Gasteiger partial charge in [0.15, 0.2) is 0 Å². The first-order valence-corrected chi connectivity index (χ1v) is 8.00. The molecular formula is C16H18N2O4S. The monoisotopic (exact) mass is 334 g/mol. The summed E-state index contributed by atoms with van der Waals surface area (Å²) in [5.74, 6) is -0.407. The normalized spacial score (nSPS) is 11.7. The van der Waals surface area contributed by atoms with E-state index in [2.05, 4.69) is 10.3 Å². The van der Waals surface area contributed by atoms with Crippen LogP contribution in [0.25, 0.3) is 10.6 Å². The molecule has 1 aromatic heterocycles. The van der Waals surface area contributed by atoms with Crippen LogP contribution >= 0.6 is 11.3 Å². The summed E-state index contributed by atoms with van der Waals surface area (Å²) in [6.45, 7) is 1.78. The van der Waals surface area contributed by atoms with E-state index < -0.39 is 5.97 Å². The number of carbonyl (C=O) groups is 2. The minimum absolute atomic E-state index is 0.0234. The predicted octanol–water partition coefficient (Wildman–Crippen LogP) is 2.80. The topological polar surface area (TPSA) is 88.5 Å². The lowest BCUT2D eigenvalue weighted by Gasteiger charge is -2.11. The Morgan fingerprint density at radius 1 is 1.35 bits per heavy atom. The number of ether oxygens (including phenoxy) is 1. The summed E-state index contributed by atoms with van der Waals surface area (Å²) in [6.07, 6.45) is 0.409. The molecule has 2 N–H and O–H groups in total. The van der Waals surface area contributed by atoms with Crippen LogP contribution < -0.4 is 10.1 Å². The minimum Gasteiger partial charge on any atom is -0.497 e. The van der Waals surface area contributed by atoms with Crippen molar-refractivity contribution in [1.29, 1.82) is 0 Å². The third kappa shape index (κ3) is 4.79. The molecule has 0 saturated heterocycles. The van der Waals surface area contributed by atoms with Crippen molar-refractivity contribution in [1.82, 2.24) is 10.3 Å². The Labute approximate surface area is 138 Å². The second kappa shape index (κ2) is 7.73. The molecule has 0 fully saturated rings. The van der Waals surface area contributed by atoms with Gasteiger partial charge < -0.3 is 15.2 Å². The standard InChI is InChI=1S/C16H18N2O4S/c1-10(3-8-14(19)20)17-15(21)13-9-23-16(18-13)11-4-6-12(22-2)7-5-11/h4-7,9-10H,3,8H2,1-2H3,(H,17,21)(H,19,20). The fraction of sp³-hybridized carbons (Fsp3) is 0.312. The fourth-order valence-electron chi connectivity index (χ4n) is 1.95. The van der Waals surface area contributed by atoms with Crippen LogP contribution in [0.4, 0.5) is 0 Å². The Morgan fingerprint density at radius 2 is 2.04 bits per heavy atom. The van der Waals surface area contributed by atoms with Crippen LogP contribution in [-0.2, 0) is 4.79 Å². The van der Waals surface area contributed by atoms with Crippen LogP contribution in [0, 0.1) is 0 Å². The quantitative estimate of drug-likeness (QED) is 0.813. The Kier molecular flexibility index (Phi) is 5.70. The number of aliphatic carboxylic acids is 1. The number of aromatic nitrogens is 1. The van der Waals surface area contributed by atoms with Crippen LogP contribution in [-0.4, -0.2) is 35.1 Å². The predicted molar refractivity (Wildman–Crippen MR) is 87.9 cm³/mol. The van der Waals surface area contributed by atoms with Crippen molar-refractivity contribution in [3.63, 3.8) is 0 Å². The number of rotatable bonds is 7. The van der Waals surface area contributed by atoms with Crippen LogP contribution in [0.3, 0.4) is 0 Å². The van der Waals surface area contributed by atoms with Gasteiger partial charge in [0.25, 0.3) is 5.91 Å². The van der Waals surface area contributed by atoms with E-state index in [1.54, 1.807) is 19.4 Å². The smallest absolute Gasteiger partial charge is 0.303 e. The number of nitrogens with one attached hydrogen (secondary N) is 1. The molecule has 2 rings (SSSR count). The van der Waals surface area contributed by atoms with Gasteiger partial charge in [0, 0.05) is 23.4 Å². The number of amides is 1. The van der Waals surface area contributed by atoms with Crippen molar-refractivity contribution in [2.45, 2.75) is 25.8 Å². The second-order valence-corrected chi connectivity index (χ2v) is 5.93. The van der Waals surface area contributed by atoms with Gasteiger partial charge in [-0.15, -0.1) is 11.3 Å². The highest BCUT2D eigenvalue weighted by Crippen LogP contribution is 2.25. The molecule has 23 heavy (non-hydrogen) atoms. The van der Waals surface area contributed by atoms with Gasteiger partial charge in [0.05, 0.1) is 7.11 Å². The van der Waals surface area contributed by atoms with Crippen molar-refractivity contribution in [3.8, 4) is 16.3 Å².